The summed E-state index contributed by atoms with van der Waals surface area (Å²) in [6.45, 7) is 0. The Balaban J connectivity index is 1.31. The maximum Gasteiger partial charge on any atom is 0.344 e. The summed E-state index contributed by atoms with van der Waals surface area (Å²) in [6.07, 6.45) is 0. The Labute approximate surface area is 292 Å². The van der Waals surface area contributed by atoms with Crippen molar-refractivity contribution >= 4 is 86.9 Å². The normalized spacial score (nSPS) is 11.3. The van der Waals surface area contributed by atoms with Crippen LogP contribution in [0.15, 0.2) is 155 Å². The predicted octanol–water partition coefficient (Wildman–Crippen LogP) is 11.9. The van der Waals surface area contributed by atoms with Crippen LogP contribution in [-0.4, -0.2) is 11.9 Å². The van der Waals surface area contributed by atoms with Gasteiger partial charge in [-0.3, -0.25) is 0 Å². The molecule has 8 aromatic carbocycles. The van der Waals surface area contributed by atoms with Gasteiger partial charge in [0.1, 0.15) is 11.5 Å². The van der Waals surface area contributed by atoms with E-state index in [1.54, 1.807) is 24.3 Å². The first-order chi connectivity index (χ1) is 23.5. The predicted molar refractivity (Wildman–Crippen MR) is 200 cm³/mol. The second-order valence-corrected chi connectivity index (χ2v) is 13.0. The zero-order valence-corrected chi connectivity index (χ0v) is 28.4. The van der Waals surface area contributed by atoms with E-state index in [4.69, 9.17) is 9.47 Å². The number of hydrogen-bond donors (Lipinski definition) is 0. The van der Waals surface area contributed by atoms with Crippen LogP contribution in [0.3, 0.4) is 0 Å². The van der Waals surface area contributed by atoms with Crippen molar-refractivity contribution in [1.29, 1.82) is 0 Å². The minimum atomic E-state index is -0.545. The molecule has 0 fully saturated rings. The average Bonchev–Trinajstić information content (AvgIpc) is 3.13. The molecule has 8 aromatic rings. The molecule has 0 N–H and O–H groups in total. The quantitative estimate of drug-likeness (QED) is 0.130. The Kier molecular flexibility index (Phi) is 7.75. The molecule has 8 rings (SSSR count). The SMILES string of the molecule is O=C(Oc1ccc2ccccc2c1Br)c1ccc2ccccc2c1-c1c(C(=O)Oc2ccc3ccccc3c2Br)ccc2ccccc12. The Morgan fingerprint density at radius 3 is 1.08 bits per heavy atom. The summed E-state index contributed by atoms with van der Waals surface area (Å²) >= 11 is 7.32. The maximum absolute atomic E-state index is 14.3. The molecule has 0 aromatic heterocycles. The van der Waals surface area contributed by atoms with Crippen molar-refractivity contribution in [3.63, 3.8) is 0 Å². The van der Waals surface area contributed by atoms with Gasteiger partial charge in [-0.15, -0.1) is 0 Å². The van der Waals surface area contributed by atoms with Gasteiger partial charge in [-0.1, -0.05) is 121 Å². The molecule has 6 heteroatoms. The Morgan fingerprint density at radius 1 is 0.375 bits per heavy atom. The largest absolute Gasteiger partial charge is 0.422 e. The fourth-order valence-electron chi connectivity index (χ4n) is 6.32. The number of rotatable bonds is 5. The summed E-state index contributed by atoms with van der Waals surface area (Å²) < 4.78 is 13.6. The summed E-state index contributed by atoms with van der Waals surface area (Å²) in [5.74, 6) is -0.291. The lowest BCUT2D eigenvalue weighted by atomic mass is 9.87. The minimum absolute atomic E-state index is 0.325. The molecule has 48 heavy (non-hydrogen) atoms. The molecule has 0 unspecified atom stereocenters. The van der Waals surface area contributed by atoms with E-state index in [1.165, 1.54) is 0 Å². The number of halogens is 2. The molecule has 0 amide bonds. The first-order valence-electron chi connectivity index (χ1n) is 15.3. The van der Waals surface area contributed by atoms with E-state index >= 15 is 0 Å². The fourth-order valence-corrected chi connectivity index (χ4v) is 7.46. The second kappa shape index (κ2) is 12.4. The van der Waals surface area contributed by atoms with Crippen LogP contribution in [-0.2, 0) is 0 Å². The van der Waals surface area contributed by atoms with Crippen molar-refractivity contribution in [2.75, 3.05) is 0 Å². The first-order valence-corrected chi connectivity index (χ1v) is 16.9. The van der Waals surface area contributed by atoms with Crippen molar-refractivity contribution in [3.8, 4) is 22.6 Å². The highest BCUT2D eigenvalue weighted by Gasteiger charge is 2.26. The van der Waals surface area contributed by atoms with E-state index in [2.05, 4.69) is 31.9 Å². The molecule has 0 aliphatic heterocycles. The third-order valence-electron chi connectivity index (χ3n) is 8.61. The van der Waals surface area contributed by atoms with Gasteiger partial charge in [0.2, 0.25) is 0 Å². The third-order valence-corrected chi connectivity index (χ3v) is 10.2. The molecule has 4 nitrogen and oxygen atoms in total. The van der Waals surface area contributed by atoms with E-state index < -0.39 is 11.9 Å². The van der Waals surface area contributed by atoms with Crippen molar-refractivity contribution in [1.82, 2.24) is 0 Å². The van der Waals surface area contributed by atoms with Crippen LogP contribution in [0, 0.1) is 0 Å². The summed E-state index contributed by atoms with van der Waals surface area (Å²) in [6, 6.07) is 46.2. The Bertz CT molecular complexity index is 2410. The first kappa shape index (κ1) is 30.1. The zero-order chi connectivity index (χ0) is 32.8. The lowest BCUT2D eigenvalue weighted by Gasteiger charge is -2.19. The highest BCUT2D eigenvalue weighted by molar-refractivity contribution is 9.11. The number of benzene rings is 8. The molecule has 0 saturated heterocycles. The van der Waals surface area contributed by atoms with Gasteiger partial charge in [-0.2, -0.15) is 0 Å². The summed E-state index contributed by atoms with van der Waals surface area (Å²) in [4.78, 5) is 28.5. The Morgan fingerprint density at radius 2 is 0.688 bits per heavy atom. The summed E-state index contributed by atoms with van der Waals surface area (Å²) in [7, 11) is 0. The molecule has 0 spiro atoms. The number of carbonyl (C=O) groups is 2. The van der Waals surface area contributed by atoms with Crippen molar-refractivity contribution in [2.24, 2.45) is 0 Å². The number of esters is 2. The number of carbonyl (C=O) groups excluding carboxylic acids is 2. The van der Waals surface area contributed by atoms with Gasteiger partial charge in [0.25, 0.3) is 0 Å². The van der Waals surface area contributed by atoms with Crippen molar-refractivity contribution in [3.05, 3.63) is 166 Å². The van der Waals surface area contributed by atoms with Gasteiger partial charge >= 0.3 is 11.9 Å². The third kappa shape index (κ3) is 5.23. The Hall–Kier alpha value is -5.30. The number of fused-ring (bicyclic) bond motifs is 4. The van der Waals surface area contributed by atoms with Gasteiger partial charge in [-0.25, -0.2) is 9.59 Å². The smallest absolute Gasteiger partial charge is 0.344 e. The molecule has 230 valence electrons. The topological polar surface area (TPSA) is 52.6 Å². The molecule has 0 heterocycles. The zero-order valence-electron chi connectivity index (χ0n) is 25.2. The molecule has 0 radical (unpaired) electrons. The standard InChI is InChI=1S/C42H24Br2O4/c43-39-31-15-7-3-11-27(31)19-23-35(39)47-41(45)33-21-17-25-9-1-5-13-29(25)37(33)38-30-14-6-2-10-26(30)18-22-34(38)42(46)48-36-24-20-28-12-4-8-16-32(28)40(36)44/h1-24H. The van der Waals surface area contributed by atoms with Crippen LogP contribution in [0.25, 0.3) is 54.2 Å². The van der Waals surface area contributed by atoms with Crippen LogP contribution in [0.5, 0.6) is 11.5 Å². The van der Waals surface area contributed by atoms with E-state index in [-0.39, 0.29) is 0 Å². The van der Waals surface area contributed by atoms with Gasteiger partial charge < -0.3 is 9.47 Å². The van der Waals surface area contributed by atoms with Gasteiger partial charge in [-0.05, 0) is 99.2 Å². The van der Waals surface area contributed by atoms with Gasteiger partial charge in [0.15, 0.2) is 0 Å². The molecular formula is C42H24Br2O4. The average molecular weight is 752 g/mol. The van der Waals surface area contributed by atoms with E-state index in [0.29, 0.717) is 42.7 Å². The highest BCUT2D eigenvalue weighted by atomic mass is 79.9. The lowest BCUT2D eigenvalue weighted by Crippen LogP contribution is -2.14. The van der Waals surface area contributed by atoms with E-state index in [0.717, 1.165) is 43.1 Å². The molecule has 0 aliphatic rings. The molecule has 0 bridgehead atoms. The van der Waals surface area contributed by atoms with Crippen molar-refractivity contribution in [2.45, 2.75) is 0 Å². The van der Waals surface area contributed by atoms with Crippen LogP contribution in [0.4, 0.5) is 0 Å². The maximum atomic E-state index is 14.3. The lowest BCUT2D eigenvalue weighted by molar-refractivity contribution is 0.0723. The molecular weight excluding hydrogens is 728 g/mol. The van der Waals surface area contributed by atoms with Crippen LogP contribution >= 0.6 is 31.9 Å². The van der Waals surface area contributed by atoms with Gasteiger partial charge in [0, 0.05) is 11.1 Å². The molecule has 0 saturated carbocycles. The number of ether oxygens (including phenoxy) is 2. The van der Waals surface area contributed by atoms with Crippen LogP contribution < -0.4 is 9.47 Å². The summed E-state index contributed by atoms with van der Waals surface area (Å²) in [5, 5.41) is 7.35. The second-order valence-electron chi connectivity index (χ2n) is 11.4. The van der Waals surface area contributed by atoms with E-state index in [9.17, 15) is 9.59 Å². The van der Waals surface area contributed by atoms with Crippen LogP contribution in [0.1, 0.15) is 20.7 Å². The van der Waals surface area contributed by atoms with Crippen molar-refractivity contribution < 1.29 is 19.1 Å². The molecule has 0 aliphatic carbocycles. The van der Waals surface area contributed by atoms with Crippen LogP contribution in [0.2, 0.25) is 0 Å². The number of hydrogen-bond acceptors (Lipinski definition) is 4. The monoisotopic (exact) mass is 750 g/mol. The fraction of sp³-hybridized carbons (Fsp3) is 0. The minimum Gasteiger partial charge on any atom is -0.422 e. The van der Waals surface area contributed by atoms with E-state index in [1.807, 2.05) is 121 Å². The highest BCUT2D eigenvalue weighted by Crippen LogP contribution is 2.42. The van der Waals surface area contributed by atoms with Gasteiger partial charge in [0.05, 0.1) is 20.1 Å². The molecule has 0 atom stereocenters. The summed E-state index contributed by atoms with van der Waals surface area (Å²) in [5.41, 5.74) is 1.84.